The number of amides is 1. The van der Waals surface area contributed by atoms with Gasteiger partial charge in [0.2, 0.25) is 5.91 Å². The molecule has 4 aromatic rings. The number of aromatic nitrogens is 1. The predicted octanol–water partition coefficient (Wildman–Crippen LogP) is 5.89. The number of pyridine rings is 1. The van der Waals surface area contributed by atoms with Gasteiger partial charge in [-0.1, -0.05) is 59.6 Å². The molecule has 1 saturated carbocycles. The number of sulfone groups is 1. The molecular weight excluding hydrogens is 643 g/mol. The third-order valence-electron chi connectivity index (χ3n) is 9.98. The summed E-state index contributed by atoms with van der Waals surface area (Å²) < 4.78 is 31.0. The number of nitrogens with two attached hydrogens (primary N) is 1. The number of primary amides is 1. The molecule has 3 heterocycles. The molecule has 7 rings (SSSR count). The molecule has 2 saturated heterocycles. The van der Waals surface area contributed by atoms with E-state index in [-0.39, 0.29) is 10.8 Å². The molecule has 1 aromatic heterocycles. The van der Waals surface area contributed by atoms with Gasteiger partial charge in [0.05, 0.1) is 50.5 Å². The maximum absolute atomic E-state index is 13.7. The number of hydrogen-bond acceptors (Lipinski definition) is 7. The lowest BCUT2D eigenvalue weighted by Gasteiger charge is -2.44. The third-order valence-corrected chi connectivity index (χ3v) is 11.8. The number of piperidine rings is 1. The first-order valence-electron chi connectivity index (χ1n) is 15.6. The number of carbonyl (C=O) groups is 1. The maximum Gasteiger partial charge on any atom is 0.249 e. The number of rotatable bonds is 7. The highest BCUT2D eigenvalue weighted by atomic mass is 35.5. The minimum absolute atomic E-state index is 0.0607. The van der Waals surface area contributed by atoms with E-state index in [1.807, 2.05) is 24.3 Å². The Morgan fingerprint density at radius 1 is 0.957 bits per heavy atom. The molecule has 8 nitrogen and oxygen atoms in total. The molecule has 1 amide bonds. The fourth-order valence-corrected chi connectivity index (χ4v) is 8.64. The quantitative estimate of drug-likeness (QED) is 0.260. The van der Waals surface area contributed by atoms with Crippen LogP contribution in [0.25, 0.3) is 22.2 Å². The van der Waals surface area contributed by atoms with Gasteiger partial charge in [0.1, 0.15) is 0 Å². The number of benzene rings is 3. The van der Waals surface area contributed by atoms with Crippen LogP contribution in [-0.2, 0) is 20.1 Å². The molecule has 0 radical (unpaired) electrons. The van der Waals surface area contributed by atoms with Crippen molar-refractivity contribution in [1.82, 2.24) is 14.8 Å². The molecule has 2 atom stereocenters. The zero-order chi connectivity index (χ0) is 32.2. The summed E-state index contributed by atoms with van der Waals surface area (Å²) in [6.45, 7) is 5.04. The van der Waals surface area contributed by atoms with E-state index in [0.717, 1.165) is 70.5 Å². The summed E-state index contributed by atoms with van der Waals surface area (Å²) in [6.07, 6.45) is 3.88. The molecule has 11 heteroatoms. The van der Waals surface area contributed by atoms with Crippen molar-refractivity contribution in [3.63, 3.8) is 0 Å². The topological polar surface area (TPSA) is 106 Å². The Morgan fingerprint density at radius 3 is 2.33 bits per heavy atom. The molecule has 3 fully saturated rings. The second-order valence-corrected chi connectivity index (χ2v) is 15.4. The van der Waals surface area contributed by atoms with Gasteiger partial charge in [0.15, 0.2) is 9.84 Å². The smallest absolute Gasteiger partial charge is 0.249 e. The normalized spacial score (nSPS) is 23.1. The summed E-state index contributed by atoms with van der Waals surface area (Å²) in [7, 11) is -3.57. The number of fused-ring (bicyclic) bond motifs is 1. The Hall–Kier alpha value is -3.05. The van der Waals surface area contributed by atoms with Crippen LogP contribution in [0.15, 0.2) is 71.6 Å². The van der Waals surface area contributed by atoms with Crippen LogP contribution in [0.4, 0.5) is 0 Å². The lowest BCUT2D eigenvalue weighted by atomic mass is 9.85. The van der Waals surface area contributed by atoms with Gasteiger partial charge in [-0.25, -0.2) is 13.4 Å². The second kappa shape index (κ2) is 12.2. The first-order chi connectivity index (χ1) is 22.1. The minimum atomic E-state index is -3.57. The Morgan fingerprint density at radius 2 is 1.67 bits per heavy atom. The van der Waals surface area contributed by atoms with Crippen molar-refractivity contribution in [2.75, 3.05) is 45.6 Å². The van der Waals surface area contributed by atoms with E-state index in [0.29, 0.717) is 43.8 Å². The molecule has 1 aliphatic carbocycles. The number of hydrogen-bond donors (Lipinski definition) is 1. The van der Waals surface area contributed by atoms with E-state index in [9.17, 15) is 13.2 Å². The number of morpholine rings is 1. The van der Waals surface area contributed by atoms with Crippen molar-refractivity contribution in [2.45, 2.75) is 41.7 Å². The van der Waals surface area contributed by atoms with Crippen molar-refractivity contribution >= 4 is 49.8 Å². The average molecular weight is 680 g/mol. The number of carbonyl (C=O) groups excluding carboxylic acids is 1. The van der Waals surface area contributed by atoms with Crippen LogP contribution in [0, 0.1) is 0 Å². The van der Waals surface area contributed by atoms with E-state index in [1.54, 1.807) is 18.2 Å². The minimum Gasteiger partial charge on any atom is -0.379 e. The standard InChI is InChI=1S/C35H36Cl2N4O4S/c1-46(43,44)25-8-10-30-26(20-25)31(34(38)42)32(33(39-30)23-7-9-28(36)29(37)19-23)35(21-27(35)22-5-3-2-4-6-22)41-13-11-24(12-14-41)40-15-17-45-18-16-40/h2-10,19-20,24,27H,11-18,21H2,1H3,(H2,38,42). The van der Waals surface area contributed by atoms with Crippen molar-refractivity contribution in [3.8, 4) is 11.3 Å². The average Bonchev–Trinajstić information content (AvgIpc) is 3.82. The molecule has 3 aliphatic rings. The van der Waals surface area contributed by atoms with Crippen molar-refractivity contribution < 1.29 is 17.9 Å². The Bertz CT molecular complexity index is 1930. The molecule has 46 heavy (non-hydrogen) atoms. The van der Waals surface area contributed by atoms with Gasteiger partial charge in [-0.05, 0) is 55.2 Å². The fourth-order valence-electron chi connectivity index (χ4n) is 7.69. The zero-order valence-electron chi connectivity index (χ0n) is 25.6. The zero-order valence-corrected chi connectivity index (χ0v) is 27.9. The second-order valence-electron chi connectivity index (χ2n) is 12.6. The number of halogens is 2. The molecule has 2 unspecified atom stereocenters. The highest BCUT2D eigenvalue weighted by Crippen LogP contribution is 2.65. The van der Waals surface area contributed by atoms with Crippen molar-refractivity contribution in [1.29, 1.82) is 0 Å². The molecule has 2 N–H and O–H groups in total. The molecule has 240 valence electrons. The maximum atomic E-state index is 13.7. The van der Waals surface area contributed by atoms with Gasteiger partial charge in [0.25, 0.3) is 0 Å². The van der Waals surface area contributed by atoms with Crippen LogP contribution in [-0.4, -0.2) is 80.8 Å². The summed E-state index contributed by atoms with van der Waals surface area (Å²) in [5, 5.41) is 1.21. The van der Waals surface area contributed by atoms with Crippen molar-refractivity contribution in [2.24, 2.45) is 5.73 Å². The number of likely N-dealkylation sites (tertiary alicyclic amines) is 1. The fraction of sp³-hybridized carbons (Fsp3) is 0.371. The van der Waals surface area contributed by atoms with Crippen molar-refractivity contribution in [3.05, 3.63) is 93.5 Å². The predicted molar refractivity (Wildman–Crippen MR) is 181 cm³/mol. The Labute approximate surface area is 279 Å². The van der Waals surface area contributed by atoms with Crippen LogP contribution in [0.5, 0.6) is 0 Å². The summed E-state index contributed by atoms with van der Waals surface area (Å²) >= 11 is 12.9. The van der Waals surface area contributed by atoms with Gasteiger partial charge in [-0.3, -0.25) is 14.6 Å². The molecule has 0 bridgehead atoms. The van der Waals surface area contributed by atoms with Crippen LogP contribution in [0.3, 0.4) is 0 Å². The molecular formula is C35H36Cl2N4O4S. The van der Waals surface area contributed by atoms with Gasteiger partial charge < -0.3 is 10.5 Å². The first-order valence-corrected chi connectivity index (χ1v) is 18.3. The number of ether oxygens (including phenoxy) is 1. The monoisotopic (exact) mass is 678 g/mol. The summed E-state index contributed by atoms with van der Waals surface area (Å²) in [6, 6.07) is 20.9. The highest BCUT2D eigenvalue weighted by molar-refractivity contribution is 7.90. The Balaban J connectivity index is 1.46. The van der Waals surface area contributed by atoms with Gasteiger partial charge in [-0.2, -0.15) is 0 Å². The van der Waals surface area contributed by atoms with Crippen LogP contribution >= 0.6 is 23.2 Å². The van der Waals surface area contributed by atoms with Crippen LogP contribution in [0.2, 0.25) is 10.0 Å². The van der Waals surface area contributed by atoms with E-state index >= 15 is 0 Å². The third kappa shape index (κ3) is 5.61. The first kappa shape index (κ1) is 31.5. The van der Waals surface area contributed by atoms with Gasteiger partial charge >= 0.3 is 0 Å². The van der Waals surface area contributed by atoms with Crippen LogP contribution in [0.1, 0.15) is 46.7 Å². The highest BCUT2D eigenvalue weighted by Gasteiger charge is 2.62. The number of nitrogens with zero attached hydrogens (tertiary/aromatic N) is 3. The van der Waals surface area contributed by atoms with E-state index in [1.165, 1.54) is 17.7 Å². The summed E-state index contributed by atoms with van der Waals surface area (Å²) in [5.41, 5.74) is 9.66. The van der Waals surface area contributed by atoms with Gasteiger partial charge in [-0.15, -0.1) is 0 Å². The molecule has 2 aliphatic heterocycles. The van der Waals surface area contributed by atoms with E-state index < -0.39 is 21.3 Å². The Kier molecular flexibility index (Phi) is 8.36. The summed E-state index contributed by atoms with van der Waals surface area (Å²) in [4.78, 5) is 24.0. The van der Waals surface area contributed by atoms with Crippen LogP contribution < -0.4 is 5.73 Å². The molecule has 3 aromatic carbocycles. The summed E-state index contributed by atoms with van der Waals surface area (Å²) in [5.74, 6) is -0.568. The lowest BCUT2D eigenvalue weighted by molar-refractivity contribution is -0.00583. The van der Waals surface area contributed by atoms with E-state index in [2.05, 4.69) is 21.9 Å². The van der Waals surface area contributed by atoms with E-state index in [4.69, 9.17) is 38.7 Å². The largest absolute Gasteiger partial charge is 0.379 e. The lowest BCUT2D eigenvalue weighted by Crippen LogP contribution is -2.51. The van der Waals surface area contributed by atoms with Gasteiger partial charge in [0, 0.05) is 60.9 Å². The SMILES string of the molecule is CS(=O)(=O)c1ccc2nc(-c3ccc(Cl)c(Cl)c3)c(C3(N4CCC(N5CCOCC5)CC4)CC3c3ccccc3)c(C(N)=O)c2c1. The molecule has 0 spiro atoms.